The van der Waals surface area contributed by atoms with Gasteiger partial charge < -0.3 is 10.1 Å². The van der Waals surface area contributed by atoms with Crippen molar-refractivity contribution in [2.45, 2.75) is 69.9 Å². The molecule has 1 aromatic rings. The maximum Gasteiger partial charge on any atom is 0.0834 e. The third-order valence-electron chi connectivity index (χ3n) is 4.52. The summed E-state index contributed by atoms with van der Waals surface area (Å²) in [6.07, 6.45) is 11.9. The van der Waals surface area contributed by atoms with E-state index in [0.29, 0.717) is 6.04 Å². The van der Waals surface area contributed by atoms with E-state index in [2.05, 4.69) is 17.2 Å². The van der Waals surface area contributed by atoms with Crippen LogP contribution in [0.25, 0.3) is 0 Å². The second-order valence-corrected chi connectivity index (χ2v) is 6.83. The summed E-state index contributed by atoms with van der Waals surface area (Å²) >= 11 is 1.76. The molecule has 1 heterocycles. The minimum atomic E-state index is 0.00958. The fourth-order valence-electron chi connectivity index (χ4n) is 3.33. The first-order valence-corrected chi connectivity index (χ1v) is 8.84. The third-order valence-corrected chi connectivity index (χ3v) is 5.32. The highest BCUT2D eigenvalue weighted by Crippen LogP contribution is 2.34. The number of hydrogen-bond acceptors (Lipinski definition) is 4. The Labute approximate surface area is 127 Å². The van der Waals surface area contributed by atoms with E-state index in [1.165, 1.54) is 49.8 Å². The Balaban J connectivity index is 2.12. The normalized spacial score (nSPS) is 20.5. The molecule has 0 saturated heterocycles. The molecule has 2 rings (SSSR count). The van der Waals surface area contributed by atoms with Gasteiger partial charge in [0.05, 0.1) is 11.1 Å². The molecule has 1 aromatic heterocycles. The molecule has 20 heavy (non-hydrogen) atoms. The van der Waals surface area contributed by atoms with E-state index < -0.39 is 0 Å². The molecule has 0 amide bonds. The molecule has 1 saturated carbocycles. The Morgan fingerprint density at radius 1 is 1.35 bits per heavy atom. The summed E-state index contributed by atoms with van der Waals surface area (Å²) in [5, 5.41) is 3.75. The van der Waals surface area contributed by atoms with Crippen LogP contribution in [0, 0.1) is 0 Å². The predicted molar refractivity (Wildman–Crippen MR) is 85.3 cm³/mol. The van der Waals surface area contributed by atoms with Crippen LogP contribution in [0.3, 0.4) is 0 Å². The van der Waals surface area contributed by atoms with Gasteiger partial charge in [-0.15, -0.1) is 11.3 Å². The van der Waals surface area contributed by atoms with Gasteiger partial charge in [0.25, 0.3) is 0 Å². The maximum atomic E-state index is 6.09. The molecular formula is C16H28N2OS. The predicted octanol–water partition coefficient (Wildman–Crippen LogP) is 3.79. The second-order valence-electron chi connectivity index (χ2n) is 5.86. The van der Waals surface area contributed by atoms with Gasteiger partial charge in [-0.1, -0.05) is 32.6 Å². The fraction of sp³-hybridized carbons (Fsp3) is 0.812. The molecule has 0 aliphatic heterocycles. The molecule has 4 heteroatoms. The van der Waals surface area contributed by atoms with Crippen molar-refractivity contribution in [3.8, 4) is 0 Å². The zero-order valence-corrected chi connectivity index (χ0v) is 13.7. The number of hydrogen-bond donors (Lipinski definition) is 1. The van der Waals surface area contributed by atoms with Crippen LogP contribution in [0.5, 0.6) is 0 Å². The second kappa shape index (κ2) is 8.11. The van der Waals surface area contributed by atoms with Crippen LogP contribution >= 0.6 is 11.3 Å². The summed E-state index contributed by atoms with van der Waals surface area (Å²) in [6, 6.07) is 0.408. The van der Waals surface area contributed by atoms with Crippen LogP contribution in [-0.2, 0) is 11.2 Å². The highest BCUT2D eigenvalue weighted by atomic mass is 32.1. The number of nitrogens with zero attached hydrogens (tertiary/aromatic N) is 1. The lowest BCUT2D eigenvalue weighted by atomic mass is 9.84. The van der Waals surface area contributed by atoms with Gasteiger partial charge in [-0.05, 0) is 25.8 Å². The van der Waals surface area contributed by atoms with Gasteiger partial charge in [-0.3, -0.25) is 4.98 Å². The fourth-order valence-corrected chi connectivity index (χ4v) is 3.97. The number of rotatable bonds is 7. The zero-order chi connectivity index (χ0) is 14.3. The quantitative estimate of drug-likeness (QED) is 0.777. The van der Waals surface area contributed by atoms with Crippen molar-refractivity contribution >= 4 is 11.3 Å². The molecule has 1 aliphatic rings. The lowest BCUT2D eigenvalue weighted by molar-refractivity contribution is -0.0524. The van der Waals surface area contributed by atoms with Crippen molar-refractivity contribution in [2.75, 3.05) is 13.7 Å². The summed E-state index contributed by atoms with van der Waals surface area (Å²) in [4.78, 5) is 5.58. The first kappa shape index (κ1) is 15.9. The molecule has 1 N–H and O–H groups in total. The molecule has 3 nitrogen and oxygen atoms in total. The highest BCUT2D eigenvalue weighted by Gasteiger charge is 2.39. The van der Waals surface area contributed by atoms with Gasteiger partial charge in [0.1, 0.15) is 0 Å². The first-order chi connectivity index (χ1) is 9.80. The van der Waals surface area contributed by atoms with Crippen LogP contribution in [-0.4, -0.2) is 30.3 Å². The van der Waals surface area contributed by atoms with Crippen molar-refractivity contribution in [1.29, 1.82) is 0 Å². The average molecular weight is 296 g/mol. The highest BCUT2D eigenvalue weighted by molar-refractivity contribution is 7.09. The van der Waals surface area contributed by atoms with E-state index in [1.54, 1.807) is 11.3 Å². The smallest absolute Gasteiger partial charge is 0.0834 e. The lowest BCUT2D eigenvalue weighted by Gasteiger charge is -2.40. The minimum Gasteiger partial charge on any atom is -0.377 e. The van der Waals surface area contributed by atoms with Gasteiger partial charge in [-0.2, -0.15) is 0 Å². The standard InChI is InChI=1S/C16H28N2OS/c1-3-10-18-15(11-14-12-17-13-20-14)16(19-2)8-6-4-5-7-9-16/h12-13,15,18H,3-11H2,1-2H3. The van der Waals surface area contributed by atoms with Crippen LogP contribution in [0.2, 0.25) is 0 Å². The van der Waals surface area contributed by atoms with Gasteiger partial charge >= 0.3 is 0 Å². The molecule has 1 atom stereocenters. The van der Waals surface area contributed by atoms with E-state index in [4.69, 9.17) is 4.74 Å². The largest absolute Gasteiger partial charge is 0.377 e. The van der Waals surface area contributed by atoms with E-state index >= 15 is 0 Å². The SMILES string of the molecule is CCCNC(Cc1cncs1)C1(OC)CCCCCC1. The molecule has 1 aliphatic carbocycles. The van der Waals surface area contributed by atoms with E-state index in [0.717, 1.165) is 13.0 Å². The summed E-state index contributed by atoms with van der Waals surface area (Å²) in [7, 11) is 1.90. The average Bonchev–Trinajstić information content (AvgIpc) is 2.86. The van der Waals surface area contributed by atoms with E-state index in [9.17, 15) is 0 Å². The molecular weight excluding hydrogens is 268 g/mol. The van der Waals surface area contributed by atoms with Crippen LogP contribution < -0.4 is 5.32 Å². The number of thiazole rings is 1. The zero-order valence-electron chi connectivity index (χ0n) is 12.9. The Morgan fingerprint density at radius 3 is 2.65 bits per heavy atom. The lowest BCUT2D eigenvalue weighted by Crippen LogP contribution is -2.53. The summed E-state index contributed by atoms with van der Waals surface area (Å²) in [5.41, 5.74) is 1.94. The Hall–Kier alpha value is -0.450. The summed E-state index contributed by atoms with van der Waals surface area (Å²) in [5.74, 6) is 0. The van der Waals surface area contributed by atoms with Gasteiger partial charge in [-0.25, -0.2) is 0 Å². The molecule has 1 fully saturated rings. The number of methoxy groups -OCH3 is 1. The topological polar surface area (TPSA) is 34.2 Å². The molecule has 0 spiro atoms. The summed E-state index contributed by atoms with van der Waals surface area (Å²) < 4.78 is 6.09. The van der Waals surface area contributed by atoms with E-state index in [-0.39, 0.29) is 5.60 Å². The Kier molecular flexibility index (Phi) is 6.46. The van der Waals surface area contributed by atoms with Crippen molar-refractivity contribution in [3.05, 3.63) is 16.6 Å². The molecule has 0 aromatic carbocycles. The summed E-state index contributed by atoms with van der Waals surface area (Å²) in [6.45, 7) is 3.29. The van der Waals surface area contributed by atoms with Gasteiger partial charge in [0, 0.05) is 30.6 Å². The van der Waals surface area contributed by atoms with Crippen molar-refractivity contribution < 1.29 is 4.74 Å². The third kappa shape index (κ3) is 4.03. The van der Waals surface area contributed by atoms with Gasteiger partial charge in [0.15, 0.2) is 0 Å². The van der Waals surface area contributed by atoms with Crippen LogP contribution in [0.4, 0.5) is 0 Å². The number of nitrogens with one attached hydrogen (secondary N) is 1. The van der Waals surface area contributed by atoms with Crippen LogP contribution in [0.15, 0.2) is 11.7 Å². The molecule has 114 valence electrons. The van der Waals surface area contributed by atoms with E-state index in [1.807, 2.05) is 18.8 Å². The van der Waals surface area contributed by atoms with Crippen molar-refractivity contribution in [3.63, 3.8) is 0 Å². The van der Waals surface area contributed by atoms with Gasteiger partial charge in [0.2, 0.25) is 0 Å². The molecule has 0 bridgehead atoms. The molecule has 0 radical (unpaired) electrons. The number of ether oxygens (including phenoxy) is 1. The maximum absolute atomic E-state index is 6.09. The molecule has 1 unspecified atom stereocenters. The van der Waals surface area contributed by atoms with Crippen molar-refractivity contribution in [2.24, 2.45) is 0 Å². The Bertz CT molecular complexity index is 359. The van der Waals surface area contributed by atoms with Crippen molar-refractivity contribution in [1.82, 2.24) is 10.3 Å². The monoisotopic (exact) mass is 296 g/mol. The van der Waals surface area contributed by atoms with Crippen LogP contribution in [0.1, 0.15) is 56.7 Å². The Morgan fingerprint density at radius 2 is 2.10 bits per heavy atom. The number of aromatic nitrogens is 1. The minimum absolute atomic E-state index is 0.00958. The first-order valence-electron chi connectivity index (χ1n) is 7.96.